The van der Waals surface area contributed by atoms with Gasteiger partial charge in [0, 0.05) is 12.0 Å². The summed E-state index contributed by atoms with van der Waals surface area (Å²) >= 11 is 1.51. The third-order valence-electron chi connectivity index (χ3n) is 5.40. The van der Waals surface area contributed by atoms with Gasteiger partial charge in [-0.2, -0.15) is 16.5 Å². The Labute approximate surface area is 187 Å². The number of hydrogen-bond donors (Lipinski definition) is 2. The third kappa shape index (κ3) is 5.70. The van der Waals surface area contributed by atoms with Gasteiger partial charge in [-0.15, -0.1) is 0 Å². The average molecular weight is 469 g/mol. The molecule has 2 unspecified atom stereocenters. The summed E-state index contributed by atoms with van der Waals surface area (Å²) in [6, 6.07) is 5.76. The average Bonchev–Trinajstić information content (AvgIpc) is 3.04. The van der Waals surface area contributed by atoms with Crippen molar-refractivity contribution in [2.45, 2.75) is 57.0 Å². The number of amides is 1. The molecular weight excluding hydrogens is 439 g/mol. The maximum atomic E-state index is 14.1. The van der Waals surface area contributed by atoms with E-state index in [1.54, 1.807) is 0 Å². The predicted molar refractivity (Wildman–Crippen MR) is 120 cm³/mol. The normalized spacial score (nSPS) is 18.9. The highest BCUT2D eigenvalue weighted by Gasteiger charge is 2.37. The number of furan rings is 1. The Balaban J connectivity index is 1.83. The minimum atomic E-state index is -4.20. The molecule has 31 heavy (non-hydrogen) atoms. The molecule has 0 saturated carbocycles. The van der Waals surface area contributed by atoms with E-state index in [0.29, 0.717) is 12.2 Å². The third-order valence-corrected chi connectivity index (χ3v) is 7.55. The SMILES string of the molecule is CSCCC(NS(=O)(=O)c1ccccc1F)C(=O)NC1CC(C)(C)Cc2oc(C)cc21. The summed E-state index contributed by atoms with van der Waals surface area (Å²) in [5, 5.41) is 3.01. The van der Waals surface area contributed by atoms with E-state index >= 15 is 0 Å². The van der Waals surface area contributed by atoms with Crippen molar-refractivity contribution < 1.29 is 22.0 Å². The fraction of sp³-hybridized carbons (Fsp3) is 0.500. The first kappa shape index (κ1) is 23.8. The van der Waals surface area contributed by atoms with Crippen LogP contribution in [0.25, 0.3) is 0 Å². The van der Waals surface area contributed by atoms with Crippen LogP contribution in [0.3, 0.4) is 0 Å². The quantitative estimate of drug-likeness (QED) is 0.612. The van der Waals surface area contributed by atoms with Gasteiger partial charge in [-0.3, -0.25) is 4.79 Å². The predicted octanol–water partition coefficient (Wildman–Crippen LogP) is 3.96. The van der Waals surface area contributed by atoms with Crippen LogP contribution < -0.4 is 10.0 Å². The summed E-state index contributed by atoms with van der Waals surface area (Å²) in [6.07, 6.45) is 3.65. The Kier molecular flexibility index (Phi) is 7.18. The zero-order valence-corrected chi connectivity index (χ0v) is 19.8. The van der Waals surface area contributed by atoms with Gasteiger partial charge in [-0.25, -0.2) is 12.8 Å². The molecule has 9 heteroatoms. The monoisotopic (exact) mass is 468 g/mol. The van der Waals surface area contributed by atoms with E-state index in [1.165, 1.54) is 30.0 Å². The molecule has 1 amide bonds. The molecule has 0 saturated heterocycles. The van der Waals surface area contributed by atoms with Gasteiger partial charge in [-0.1, -0.05) is 26.0 Å². The van der Waals surface area contributed by atoms with E-state index in [4.69, 9.17) is 4.42 Å². The van der Waals surface area contributed by atoms with Crippen LogP contribution in [0.2, 0.25) is 0 Å². The second kappa shape index (κ2) is 9.34. The lowest BCUT2D eigenvalue weighted by atomic mass is 9.74. The first-order valence-electron chi connectivity index (χ1n) is 10.2. The second-order valence-electron chi connectivity index (χ2n) is 8.73. The van der Waals surface area contributed by atoms with Crippen LogP contribution in [0.15, 0.2) is 39.6 Å². The van der Waals surface area contributed by atoms with Gasteiger partial charge < -0.3 is 9.73 Å². The van der Waals surface area contributed by atoms with Gasteiger partial charge in [0.1, 0.15) is 28.3 Å². The molecule has 2 N–H and O–H groups in total. The lowest BCUT2D eigenvalue weighted by Gasteiger charge is -2.35. The molecule has 0 fully saturated rings. The molecule has 1 aromatic carbocycles. The molecule has 1 aliphatic rings. The van der Waals surface area contributed by atoms with Crippen molar-refractivity contribution in [2.24, 2.45) is 5.41 Å². The highest BCUT2D eigenvalue weighted by Crippen LogP contribution is 2.42. The maximum absolute atomic E-state index is 14.1. The zero-order valence-electron chi connectivity index (χ0n) is 18.2. The Morgan fingerprint density at radius 2 is 2.06 bits per heavy atom. The molecule has 0 aliphatic heterocycles. The number of rotatable bonds is 8. The summed E-state index contributed by atoms with van der Waals surface area (Å²) < 4.78 is 47.9. The van der Waals surface area contributed by atoms with Gasteiger partial charge in [0.15, 0.2) is 0 Å². The van der Waals surface area contributed by atoms with Crippen LogP contribution >= 0.6 is 11.8 Å². The lowest BCUT2D eigenvalue weighted by molar-refractivity contribution is -0.123. The summed E-state index contributed by atoms with van der Waals surface area (Å²) in [6.45, 7) is 6.09. The molecule has 1 aliphatic carbocycles. The number of sulfonamides is 1. The highest BCUT2D eigenvalue weighted by molar-refractivity contribution is 7.98. The van der Waals surface area contributed by atoms with Crippen LogP contribution in [-0.4, -0.2) is 32.4 Å². The van der Waals surface area contributed by atoms with Crippen LogP contribution in [-0.2, 0) is 21.2 Å². The Morgan fingerprint density at radius 1 is 1.35 bits per heavy atom. The summed E-state index contributed by atoms with van der Waals surface area (Å²) in [5.41, 5.74) is 0.863. The van der Waals surface area contributed by atoms with Gasteiger partial charge >= 0.3 is 0 Å². The van der Waals surface area contributed by atoms with Gasteiger partial charge in [0.05, 0.1) is 6.04 Å². The molecule has 6 nitrogen and oxygen atoms in total. The van der Waals surface area contributed by atoms with Crippen LogP contribution in [0.4, 0.5) is 4.39 Å². The highest BCUT2D eigenvalue weighted by atomic mass is 32.2. The lowest BCUT2D eigenvalue weighted by Crippen LogP contribution is -2.49. The van der Waals surface area contributed by atoms with Gasteiger partial charge in [0.25, 0.3) is 0 Å². The topological polar surface area (TPSA) is 88.4 Å². The maximum Gasteiger partial charge on any atom is 0.244 e. The number of halogens is 1. The molecule has 1 aromatic heterocycles. The summed E-state index contributed by atoms with van der Waals surface area (Å²) in [5.74, 6) is 0.922. The van der Waals surface area contributed by atoms with Crippen molar-refractivity contribution in [2.75, 3.05) is 12.0 Å². The van der Waals surface area contributed by atoms with E-state index in [1.807, 2.05) is 19.2 Å². The van der Waals surface area contributed by atoms with Crippen LogP contribution in [0, 0.1) is 18.2 Å². The molecule has 0 spiro atoms. The van der Waals surface area contributed by atoms with Crippen molar-refractivity contribution in [1.82, 2.24) is 10.0 Å². The number of fused-ring (bicyclic) bond motifs is 1. The van der Waals surface area contributed by atoms with Crippen molar-refractivity contribution in [3.05, 3.63) is 53.2 Å². The fourth-order valence-corrected chi connectivity index (χ4v) is 5.76. The largest absolute Gasteiger partial charge is 0.466 e. The van der Waals surface area contributed by atoms with Gasteiger partial charge in [0.2, 0.25) is 15.9 Å². The van der Waals surface area contributed by atoms with Crippen LogP contribution in [0.1, 0.15) is 49.8 Å². The van der Waals surface area contributed by atoms with Crippen molar-refractivity contribution in [1.29, 1.82) is 0 Å². The molecule has 1 heterocycles. The number of nitrogens with one attached hydrogen (secondary N) is 2. The number of benzene rings is 1. The van der Waals surface area contributed by atoms with Gasteiger partial charge in [-0.05, 0) is 55.4 Å². The number of carbonyl (C=O) groups is 1. The van der Waals surface area contributed by atoms with E-state index in [9.17, 15) is 17.6 Å². The molecule has 2 aromatic rings. The fourth-order valence-electron chi connectivity index (χ4n) is 3.98. The first-order chi connectivity index (χ1) is 14.5. The zero-order chi connectivity index (χ0) is 22.8. The molecule has 0 bridgehead atoms. The second-order valence-corrected chi connectivity index (χ2v) is 11.4. The Hall–Kier alpha value is -1.84. The minimum absolute atomic E-state index is 0.0727. The Bertz CT molecular complexity index is 1050. The molecule has 3 rings (SSSR count). The van der Waals surface area contributed by atoms with E-state index in [2.05, 4.69) is 23.9 Å². The van der Waals surface area contributed by atoms with E-state index in [0.717, 1.165) is 29.6 Å². The van der Waals surface area contributed by atoms with Crippen molar-refractivity contribution in [3.8, 4) is 0 Å². The van der Waals surface area contributed by atoms with Crippen molar-refractivity contribution >= 4 is 27.7 Å². The standard InChI is InChI=1S/C22H29FN2O4S2/c1-14-11-15-18(12-22(2,3)13-19(15)29-14)24-21(26)17(9-10-30-4)25-31(27,28)20-8-6-5-7-16(20)23/h5-8,11,17-18,25H,9-10,12-13H2,1-4H3,(H,24,26). The summed E-state index contributed by atoms with van der Waals surface area (Å²) in [7, 11) is -4.20. The molecule has 170 valence electrons. The van der Waals surface area contributed by atoms with Crippen molar-refractivity contribution in [3.63, 3.8) is 0 Å². The van der Waals surface area contributed by atoms with E-state index < -0.39 is 32.7 Å². The first-order valence-corrected chi connectivity index (χ1v) is 13.1. The number of carbonyl (C=O) groups excluding carboxylic acids is 1. The van der Waals surface area contributed by atoms with Crippen LogP contribution in [0.5, 0.6) is 0 Å². The number of hydrogen-bond acceptors (Lipinski definition) is 5. The Morgan fingerprint density at radius 3 is 2.74 bits per heavy atom. The number of thioether (sulfide) groups is 1. The minimum Gasteiger partial charge on any atom is -0.466 e. The molecular formula is C22H29FN2O4S2. The molecule has 2 atom stereocenters. The smallest absolute Gasteiger partial charge is 0.244 e. The summed E-state index contributed by atoms with van der Waals surface area (Å²) in [4.78, 5) is 12.7. The molecule has 0 radical (unpaired) electrons. The van der Waals surface area contributed by atoms with E-state index in [-0.39, 0.29) is 17.9 Å². The number of aryl methyl sites for hydroxylation is 1.